The molecule has 0 amide bonds. The van der Waals surface area contributed by atoms with Gasteiger partial charge in [-0.05, 0) is 38.5 Å². The largest absolute Gasteiger partial charge is 0.490 e. The second kappa shape index (κ2) is 6.95. The maximum atomic E-state index is 5.84. The summed E-state index contributed by atoms with van der Waals surface area (Å²) in [4.78, 5) is 5.69. The van der Waals surface area contributed by atoms with Crippen molar-refractivity contribution < 1.29 is 9.47 Å². The van der Waals surface area contributed by atoms with E-state index in [0.717, 1.165) is 27.8 Å². The quantitative estimate of drug-likeness (QED) is 0.737. The van der Waals surface area contributed by atoms with Crippen LogP contribution in [0.3, 0.4) is 0 Å². The van der Waals surface area contributed by atoms with Crippen molar-refractivity contribution in [3.05, 3.63) is 39.3 Å². The molecule has 0 radical (unpaired) electrons. The van der Waals surface area contributed by atoms with Crippen molar-refractivity contribution in [2.75, 3.05) is 6.61 Å². The molecule has 20 heavy (non-hydrogen) atoms. The number of nitrogens with zero attached hydrogens (tertiary/aromatic N) is 1. The second-order valence-corrected chi connectivity index (χ2v) is 5.94. The third-order valence-electron chi connectivity index (χ3n) is 2.89. The summed E-state index contributed by atoms with van der Waals surface area (Å²) in [5.74, 6) is 1.92. The molecule has 108 valence electrons. The maximum absolute atomic E-state index is 5.84. The van der Waals surface area contributed by atoms with E-state index in [4.69, 9.17) is 21.1 Å². The van der Waals surface area contributed by atoms with Gasteiger partial charge in [0.1, 0.15) is 11.6 Å². The van der Waals surface area contributed by atoms with Gasteiger partial charge in [0.25, 0.3) is 0 Å². The molecule has 1 aromatic heterocycles. The fourth-order valence-electron chi connectivity index (χ4n) is 1.76. The van der Waals surface area contributed by atoms with E-state index in [9.17, 15) is 0 Å². The highest BCUT2D eigenvalue weighted by Gasteiger charge is 2.09. The zero-order valence-corrected chi connectivity index (χ0v) is 13.5. The normalized spacial score (nSPS) is 10.6. The molecule has 1 aromatic carbocycles. The standard InChI is InChI=1S/C15H18ClNO2S/c1-4-18-14-7-12(8-16)5-6-13(14)19-9-15-17-10(2)11(3)20-15/h5-7H,4,8-9H2,1-3H3. The molecule has 0 aliphatic rings. The van der Waals surface area contributed by atoms with Crippen molar-refractivity contribution in [3.63, 3.8) is 0 Å². The lowest BCUT2D eigenvalue weighted by Crippen LogP contribution is -2.00. The van der Waals surface area contributed by atoms with Crippen molar-refractivity contribution in [3.8, 4) is 11.5 Å². The number of alkyl halides is 1. The number of thiazole rings is 1. The van der Waals surface area contributed by atoms with Gasteiger partial charge in [0.15, 0.2) is 11.5 Å². The number of aromatic nitrogens is 1. The van der Waals surface area contributed by atoms with Gasteiger partial charge < -0.3 is 9.47 Å². The Hall–Kier alpha value is -1.26. The highest BCUT2D eigenvalue weighted by Crippen LogP contribution is 2.30. The Kier molecular flexibility index (Phi) is 5.26. The van der Waals surface area contributed by atoms with Gasteiger partial charge in [-0.15, -0.1) is 22.9 Å². The van der Waals surface area contributed by atoms with Crippen LogP contribution in [0.2, 0.25) is 0 Å². The zero-order valence-electron chi connectivity index (χ0n) is 11.9. The SMILES string of the molecule is CCOc1cc(CCl)ccc1OCc1nc(C)c(C)s1. The third kappa shape index (κ3) is 3.64. The number of hydrogen-bond acceptors (Lipinski definition) is 4. The summed E-state index contributed by atoms with van der Waals surface area (Å²) in [5.41, 5.74) is 2.08. The lowest BCUT2D eigenvalue weighted by molar-refractivity contribution is 0.268. The van der Waals surface area contributed by atoms with Crippen LogP contribution >= 0.6 is 22.9 Å². The molecule has 3 nitrogen and oxygen atoms in total. The summed E-state index contributed by atoms with van der Waals surface area (Å²) in [6.07, 6.45) is 0. The van der Waals surface area contributed by atoms with Crippen LogP contribution < -0.4 is 9.47 Å². The Morgan fingerprint density at radius 1 is 1.20 bits per heavy atom. The summed E-state index contributed by atoms with van der Waals surface area (Å²) in [6.45, 7) is 7.08. The summed E-state index contributed by atoms with van der Waals surface area (Å²) < 4.78 is 11.4. The number of halogens is 1. The van der Waals surface area contributed by atoms with Crippen LogP contribution in [0.25, 0.3) is 0 Å². The molecule has 0 spiro atoms. The summed E-state index contributed by atoms with van der Waals surface area (Å²) in [5, 5.41) is 0.976. The Labute approximate surface area is 128 Å². The van der Waals surface area contributed by atoms with Crippen LogP contribution in [0.5, 0.6) is 11.5 Å². The highest BCUT2D eigenvalue weighted by molar-refractivity contribution is 7.11. The number of benzene rings is 1. The van der Waals surface area contributed by atoms with Gasteiger partial charge in [0.05, 0.1) is 12.3 Å². The molecule has 2 rings (SSSR count). The first-order valence-corrected chi connectivity index (χ1v) is 7.86. The van der Waals surface area contributed by atoms with Gasteiger partial charge >= 0.3 is 0 Å². The smallest absolute Gasteiger partial charge is 0.161 e. The van der Waals surface area contributed by atoms with Gasteiger partial charge in [0, 0.05) is 10.8 Å². The second-order valence-electron chi connectivity index (χ2n) is 4.39. The molecular formula is C15H18ClNO2S. The molecule has 2 aromatic rings. The first-order chi connectivity index (χ1) is 9.63. The highest BCUT2D eigenvalue weighted by atomic mass is 35.5. The summed E-state index contributed by atoms with van der Waals surface area (Å²) in [6, 6.07) is 5.77. The first-order valence-electron chi connectivity index (χ1n) is 6.51. The molecule has 0 saturated heterocycles. The van der Waals surface area contributed by atoms with E-state index in [-0.39, 0.29) is 0 Å². The van der Waals surface area contributed by atoms with Gasteiger partial charge in [0.2, 0.25) is 0 Å². The molecule has 0 unspecified atom stereocenters. The predicted molar refractivity (Wildman–Crippen MR) is 83.1 cm³/mol. The molecule has 0 atom stereocenters. The monoisotopic (exact) mass is 311 g/mol. The Morgan fingerprint density at radius 2 is 2.00 bits per heavy atom. The fraction of sp³-hybridized carbons (Fsp3) is 0.400. The van der Waals surface area contributed by atoms with Gasteiger partial charge in [-0.1, -0.05) is 6.07 Å². The van der Waals surface area contributed by atoms with E-state index in [1.54, 1.807) is 11.3 Å². The average molecular weight is 312 g/mol. The molecule has 5 heteroatoms. The molecular weight excluding hydrogens is 294 g/mol. The van der Waals surface area contributed by atoms with Crippen molar-refractivity contribution in [2.45, 2.75) is 33.3 Å². The lowest BCUT2D eigenvalue weighted by Gasteiger charge is -2.12. The number of ether oxygens (including phenoxy) is 2. The van der Waals surface area contributed by atoms with Crippen LogP contribution in [-0.2, 0) is 12.5 Å². The number of aryl methyl sites for hydroxylation is 2. The van der Waals surface area contributed by atoms with Crippen molar-refractivity contribution in [2.24, 2.45) is 0 Å². The van der Waals surface area contributed by atoms with E-state index in [2.05, 4.69) is 11.9 Å². The van der Waals surface area contributed by atoms with E-state index < -0.39 is 0 Å². The molecule has 0 aliphatic heterocycles. The summed E-state index contributed by atoms with van der Waals surface area (Å²) in [7, 11) is 0. The minimum atomic E-state index is 0.458. The van der Waals surface area contributed by atoms with E-state index in [1.807, 2.05) is 32.0 Å². The average Bonchev–Trinajstić information content (AvgIpc) is 2.76. The van der Waals surface area contributed by atoms with Gasteiger partial charge in [-0.3, -0.25) is 0 Å². The number of hydrogen-bond donors (Lipinski definition) is 0. The van der Waals surface area contributed by atoms with Crippen LogP contribution in [0.1, 0.15) is 28.1 Å². The van der Waals surface area contributed by atoms with Crippen LogP contribution in [0.15, 0.2) is 18.2 Å². The van der Waals surface area contributed by atoms with Crippen molar-refractivity contribution in [1.29, 1.82) is 0 Å². The molecule has 0 bridgehead atoms. The lowest BCUT2D eigenvalue weighted by atomic mass is 10.2. The third-order valence-corrected chi connectivity index (χ3v) is 4.24. The van der Waals surface area contributed by atoms with E-state index >= 15 is 0 Å². The van der Waals surface area contributed by atoms with Crippen LogP contribution in [-0.4, -0.2) is 11.6 Å². The molecule has 0 N–H and O–H groups in total. The Bertz CT molecular complexity index is 564. The predicted octanol–water partition coefficient (Wildman–Crippen LogP) is 4.48. The van der Waals surface area contributed by atoms with Crippen molar-refractivity contribution in [1.82, 2.24) is 4.98 Å². The first kappa shape index (κ1) is 15.1. The van der Waals surface area contributed by atoms with Gasteiger partial charge in [-0.25, -0.2) is 4.98 Å². The van der Waals surface area contributed by atoms with E-state index in [1.165, 1.54) is 4.88 Å². The minimum Gasteiger partial charge on any atom is -0.490 e. The van der Waals surface area contributed by atoms with Crippen LogP contribution in [0.4, 0.5) is 0 Å². The molecule has 1 heterocycles. The van der Waals surface area contributed by atoms with Crippen LogP contribution in [0, 0.1) is 13.8 Å². The Balaban J connectivity index is 2.11. The molecule has 0 aliphatic carbocycles. The molecule has 0 saturated carbocycles. The fourth-order valence-corrected chi connectivity index (χ4v) is 2.78. The maximum Gasteiger partial charge on any atom is 0.161 e. The molecule has 0 fully saturated rings. The zero-order chi connectivity index (χ0) is 14.5. The van der Waals surface area contributed by atoms with Gasteiger partial charge in [-0.2, -0.15) is 0 Å². The van der Waals surface area contributed by atoms with Crippen molar-refractivity contribution >= 4 is 22.9 Å². The number of rotatable bonds is 6. The Morgan fingerprint density at radius 3 is 2.60 bits per heavy atom. The summed E-state index contributed by atoms with van der Waals surface area (Å²) >= 11 is 7.50. The van der Waals surface area contributed by atoms with E-state index in [0.29, 0.717) is 19.1 Å². The minimum absolute atomic E-state index is 0.458. The topological polar surface area (TPSA) is 31.4 Å².